The number of anilines is 2. The summed E-state index contributed by atoms with van der Waals surface area (Å²) in [5.74, 6) is 0.284. The summed E-state index contributed by atoms with van der Waals surface area (Å²) in [6.45, 7) is 11.0. The molecule has 0 aliphatic heterocycles. The first-order valence-corrected chi connectivity index (χ1v) is 20.8. The lowest BCUT2D eigenvalue weighted by Gasteiger charge is -2.36. The Morgan fingerprint density at radius 2 is 1.42 bits per heavy atom. The second kappa shape index (κ2) is 16.2. The second-order valence-electron chi connectivity index (χ2n) is 15.6. The topological polar surface area (TPSA) is 16.4 Å². The van der Waals surface area contributed by atoms with E-state index in [2.05, 4.69) is 207 Å². The SMILES string of the molecule is C=C/C(=C\C=C(/C)C1(c2ccccc2)C2=C(CCC=C2)c2ccccc21)N(c1ccc(-c2cccc3oc4ccccc4c23)cc1)c1ccc(C(C)/C=C\C=C/C)cc1. The molecule has 0 radical (unpaired) electrons. The zero-order chi connectivity index (χ0) is 40.3. The van der Waals surface area contributed by atoms with Crippen LogP contribution in [0.3, 0.4) is 0 Å². The van der Waals surface area contributed by atoms with Gasteiger partial charge in [-0.25, -0.2) is 0 Å². The van der Waals surface area contributed by atoms with Gasteiger partial charge in [0.25, 0.3) is 0 Å². The van der Waals surface area contributed by atoms with Gasteiger partial charge < -0.3 is 9.32 Å². The molecule has 0 bridgehead atoms. The van der Waals surface area contributed by atoms with Crippen molar-refractivity contribution in [2.24, 2.45) is 0 Å². The van der Waals surface area contributed by atoms with Crippen LogP contribution in [0.15, 0.2) is 228 Å². The molecule has 9 rings (SSSR count). The maximum absolute atomic E-state index is 6.25. The second-order valence-corrected chi connectivity index (χ2v) is 15.6. The molecule has 0 saturated carbocycles. The first kappa shape index (κ1) is 37.7. The van der Waals surface area contributed by atoms with E-state index in [1.807, 2.05) is 25.1 Å². The van der Waals surface area contributed by atoms with Crippen molar-refractivity contribution in [2.75, 3.05) is 4.90 Å². The maximum Gasteiger partial charge on any atom is 0.136 e. The number of para-hydroxylation sites is 1. The Labute approximate surface area is 348 Å². The van der Waals surface area contributed by atoms with Crippen LogP contribution < -0.4 is 4.90 Å². The van der Waals surface area contributed by atoms with E-state index in [1.54, 1.807) is 0 Å². The third kappa shape index (κ3) is 6.65. The highest BCUT2D eigenvalue weighted by molar-refractivity contribution is 6.12. The van der Waals surface area contributed by atoms with E-state index in [9.17, 15) is 0 Å². The molecule has 0 spiro atoms. The van der Waals surface area contributed by atoms with Gasteiger partial charge in [0.2, 0.25) is 0 Å². The van der Waals surface area contributed by atoms with Gasteiger partial charge in [-0.1, -0.05) is 171 Å². The predicted molar refractivity (Wildman–Crippen MR) is 251 cm³/mol. The van der Waals surface area contributed by atoms with Crippen LogP contribution in [0.4, 0.5) is 11.4 Å². The van der Waals surface area contributed by atoms with Crippen LogP contribution in [0.2, 0.25) is 0 Å². The van der Waals surface area contributed by atoms with Crippen LogP contribution in [0.25, 0.3) is 38.6 Å². The molecule has 59 heavy (non-hydrogen) atoms. The minimum atomic E-state index is -0.407. The van der Waals surface area contributed by atoms with Gasteiger partial charge in [0, 0.05) is 27.8 Å². The fourth-order valence-electron chi connectivity index (χ4n) is 9.37. The molecule has 7 aromatic rings. The van der Waals surface area contributed by atoms with Crippen LogP contribution in [-0.4, -0.2) is 0 Å². The standard InChI is InChI=1S/C57H49NO/c1-5-7-9-19-40(3)42-31-36-46(37-32-42)58(47-38-33-43(34-39-47)48-25-18-29-55-56(48)51-24-14-17-28-54(51)59-55)45(6-2)35-30-41(4)57(44-20-10-8-11-21-44)52-26-15-12-22-49(52)50-23-13-16-27-53(50)57/h5-12,14-22,24-40H,2,13,23H2,1,3-4H3/b7-5-,19-9-,41-30+,45-35+. The molecule has 2 aliphatic carbocycles. The van der Waals surface area contributed by atoms with Gasteiger partial charge in [-0.3, -0.25) is 0 Å². The highest BCUT2D eigenvalue weighted by Crippen LogP contribution is 2.57. The lowest BCUT2D eigenvalue weighted by atomic mass is 9.66. The summed E-state index contributed by atoms with van der Waals surface area (Å²) >= 11 is 0. The molecular formula is C57H49NO. The molecule has 1 aromatic heterocycles. The Kier molecular flexibility index (Phi) is 10.3. The monoisotopic (exact) mass is 763 g/mol. The van der Waals surface area contributed by atoms with Gasteiger partial charge in [-0.05, 0) is 126 Å². The summed E-state index contributed by atoms with van der Waals surface area (Å²) in [4.78, 5) is 2.32. The molecule has 1 heterocycles. The van der Waals surface area contributed by atoms with Crippen molar-refractivity contribution in [1.82, 2.24) is 0 Å². The summed E-state index contributed by atoms with van der Waals surface area (Å²) in [6, 6.07) is 52.6. The number of fused-ring (bicyclic) bond motifs is 5. The predicted octanol–water partition coefficient (Wildman–Crippen LogP) is 15.7. The molecule has 2 aliphatic rings. The fraction of sp³-hybridized carbons (Fsp3) is 0.123. The summed E-state index contributed by atoms with van der Waals surface area (Å²) < 4.78 is 6.25. The van der Waals surface area contributed by atoms with Gasteiger partial charge in [0.05, 0.1) is 5.41 Å². The fourth-order valence-corrected chi connectivity index (χ4v) is 9.37. The van der Waals surface area contributed by atoms with Crippen molar-refractivity contribution in [1.29, 1.82) is 0 Å². The molecule has 2 heteroatoms. The van der Waals surface area contributed by atoms with Crippen LogP contribution in [-0.2, 0) is 5.41 Å². The first-order chi connectivity index (χ1) is 29.0. The van der Waals surface area contributed by atoms with Crippen molar-refractivity contribution in [2.45, 2.75) is 44.9 Å². The number of allylic oxidation sites excluding steroid dienone is 12. The molecule has 2 atom stereocenters. The lowest BCUT2D eigenvalue weighted by Crippen LogP contribution is -2.29. The molecule has 0 saturated heterocycles. The van der Waals surface area contributed by atoms with Crippen LogP contribution >= 0.6 is 0 Å². The minimum Gasteiger partial charge on any atom is -0.456 e. The zero-order valence-corrected chi connectivity index (χ0v) is 34.1. The van der Waals surface area contributed by atoms with E-state index in [1.165, 1.54) is 39.0 Å². The summed E-state index contributed by atoms with van der Waals surface area (Å²) in [6.07, 6.45) is 21.9. The van der Waals surface area contributed by atoms with Gasteiger partial charge in [0.15, 0.2) is 0 Å². The van der Waals surface area contributed by atoms with Crippen LogP contribution in [0.1, 0.15) is 61.8 Å². The Hall–Kier alpha value is -6.90. The Balaban J connectivity index is 1.17. The zero-order valence-electron chi connectivity index (χ0n) is 34.1. The molecule has 0 amide bonds. The number of hydrogen-bond donors (Lipinski definition) is 0. The summed E-state index contributed by atoms with van der Waals surface area (Å²) in [7, 11) is 0. The van der Waals surface area contributed by atoms with Crippen LogP contribution in [0, 0.1) is 0 Å². The van der Waals surface area contributed by atoms with Crippen molar-refractivity contribution >= 4 is 38.9 Å². The highest BCUT2D eigenvalue weighted by Gasteiger charge is 2.46. The van der Waals surface area contributed by atoms with Gasteiger partial charge in [0.1, 0.15) is 11.2 Å². The molecule has 0 fully saturated rings. The maximum atomic E-state index is 6.25. The third-order valence-electron chi connectivity index (χ3n) is 12.2. The van der Waals surface area contributed by atoms with Crippen molar-refractivity contribution in [3.05, 3.63) is 246 Å². The molecular weight excluding hydrogens is 715 g/mol. The first-order valence-electron chi connectivity index (χ1n) is 20.8. The largest absolute Gasteiger partial charge is 0.456 e. The Morgan fingerprint density at radius 3 is 2.20 bits per heavy atom. The molecule has 6 aromatic carbocycles. The molecule has 2 nitrogen and oxygen atoms in total. The van der Waals surface area contributed by atoms with Gasteiger partial charge in [-0.15, -0.1) is 0 Å². The van der Waals surface area contributed by atoms with E-state index in [0.717, 1.165) is 63.0 Å². The van der Waals surface area contributed by atoms with E-state index in [-0.39, 0.29) is 5.92 Å². The van der Waals surface area contributed by atoms with E-state index in [0.29, 0.717) is 0 Å². The number of hydrogen-bond acceptors (Lipinski definition) is 2. The Bertz CT molecular complexity index is 2860. The average Bonchev–Trinajstić information content (AvgIpc) is 3.83. The van der Waals surface area contributed by atoms with Crippen molar-refractivity contribution in [3.8, 4) is 11.1 Å². The van der Waals surface area contributed by atoms with Gasteiger partial charge >= 0.3 is 0 Å². The number of benzene rings is 6. The molecule has 2 unspecified atom stereocenters. The number of rotatable bonds is 11. The summed E-state index contributed by atoms with van der Waals surface area (Å²) in [5, 5.41) is 2.27. The van der Waals surface area contributed by atoms with Crippen molar-refractivity contribution in [3.63, 3.8) is 0 Å². The third-order valence-corrected chi connectivity index (χ3v) is 12.2. The Morgan fingerprint density at radius 1 is 0.729 bits per heavy atom. The normalized spacial score (nSPS) is 17.3. The number of nitrogens with zero attached hydrogens (tertiary/aromatic N) is 1. The van der Waals surface area contributed by atoms with Gasteiger partial charge in [-0.2, -0.15) is 0 Å². The summed E-state index contributed by atoms with van der Waals surface area (Å²) in [5.41, 5.74) is 16.2. The minimum absolute atomic E-state index is 0.284. The molecule has 0 N–H and O–H groups in total. The van der Waals surface area contributed by atoms with E-state index < -0.39 is 5.41 Å². The van der Waals surface area contributed by atoms with Crippen molar-refractivity contribution < 1.29 is 4.42 Å². The van der Waals surface area contributed by atoms with E-state index in [4.69, 9.17) is 4.42 Å². The van der Waals surface area contributed by atoms with Crippen LogP contribution in [0.5, 0.6) is 0 Å². The molecule has 288 valence electrons. The lowest BCUT2D eigenvalue weighted by molar-refractivity contribution is 0.669. The average molecular weight is 764 g/mol. The van der Waals surface area contributed by atoms with E-state index >= 15 is 0 Å². The highest BCUT2D eigenvalue weighted by atomic mass is 16.3. The smallest absolute Gasteiger partial charge is 0.136 e. The quantitative estimate of drug-likeness (QED) is 0.122. The number of furan rings is 1.